The maximum atomic E-state index is 12.2. The Hall–Kier alpha value is -0.820. The Labute approximate surface area is 125 Å². The lowest BCUT2D eigenvalue weighted by molar-refractivity contribution is 0.537. The van der Waals surface area contributed by atoms with Gasteiger partial charge in [-0.15, -0.1) is 0 Å². The number of nitrogen functional groups attached to an aromatic ring is 1. The minimum absolute atomic E-state index is 0.116. The molecule has 3 N–H and O–H groups in total. The van der Waals surface area contributed by atoms with Gasteiger partial charge in [-0.1, -0.05) is 20.3 Å². The third kappa shape index (κ3) is 3.44. The van der Waals surface area contributed by atoms with Crippen LogP contribution in [-0.2, 0) is 9.84 Å². The summed E-state index contributed by atoms with van der Waals surface area (Å²) in [6.45, 7) is 4.92. The minimum Gasteiger partial charge on any atom is -0.382 e. The highest BCUT2D eigenvalue weighted by Gasteiger charge is 2.26. The van der Waals surface area contributed by atoms with Crippen LogP contribution in [0.2, 0.25) is 0 Å². The maximum Gasteiger partial charge on any atom is 0.185 e. The molecule has 7 heteroatoms. The van der Waals surface area contributed by atoms with Crippen molar-refractivity contribution in [2.45, 2.75) is 44.4 Å². The second-order valence-corrected chi connectivity index (χ2v) is 8.53. The Morgan fingerprint density at radius 2 is 2.20 bits per heavy atom. The molecule has 1 fully saturated rings. The van der Waals surface area contributed by atoms with Crippen LogP contribution < -0.4 is 11.1 Å². The molecule has 0 aromatic carbocycles. The lowest BCUT2D eigenvalue weighted by atomic mass is 10.1. The van der Waals surface area contributed by atoms with Crippen molar-refractivity contribution in [2.75, 3.05) is 23.3 Å². The van der Waals surface area contributed by atoms with Crippen molar-refractivity contribution in [2.24, 2.45) is 11.8 Å². The first kappa shape index (κ1) is 15.6. The van der Waals surface area contributed by atoms with E-state index in [2.05, 4.69) is 16.6 Å². The van der Waals surface area contributed by atoms with E-state index in [0.29, 0.717) is 17.3 Å². The lowest BCUT2D eigenvalue weighted by Crippen LogP contribution is -2.14. The van der Waals surface area contributed by atoms with Crippen LogP contribution in [0.1, 0.15) is 39.5 Å². The largest absolute Gasteiger partial charge is 0.382 e. The van der Waals surface area contributed by atoms with Gasteiger partial charge in [-0.25, -0.2) is 8.42 Å². The normalized spacial score (nSPS) is 23.1. The predicted molar refractivity (Wildman–Crippen MR) is 83.9 cm³/mol. The van der Waals surface area contributed by atoms with Crippen molar-refractivity contribution in [1.82, 2.24) is 4.37 Å². The van der Waals surface area contributed by atoms with Gasteiger partial charge in [-0.3, -0.25) is 0 Å². The van der Waals surface area contributed by atoms with Crippen LogP contribution in [-0.4, -0.2) is 25.1 Å². The van der Waals surface area contributed by atoms with Gasteiger partial charge in [0.1, 0.15) is 9.90 Å². The molecule has 2 unspecified atom stereocenters. The van der Waals surface area contributed by atoms with E-state index in [1.165, 1.54) is 19.3 Å². The quantitative estimate of drug-likeness (QED) is 0.842. The number of hydrogen-bond acceptors (Lipinski definition) is 6. The molecule has 0 saturated heterocycles. The van der Waals surface area contributed by atoms with E-state index in [4.69, 9.17) is 5.73 Å². The van der Waals surface area contributed by atoms with E-state index in [-0.39, 0.29) is 16.5 Å². The molecule has 1 aliphatic carbocycles. The average Bonchev–Trinajstić information content (AvgIpc) is 2.93. The molecule has 0 amide bonds. The number of nitrogens with zero attached hydrogens (tertiary/aromatic N) is 1. The van der Waals surface area contributed by atoms with Gasteiger partial charge in [0.15, 0.2) is 15.7 Å². The highest BCUT2D eigenvalue weighted by molar-refractivity contribution is 7.91. The van der Waals surface area contributed by atoms with E-state index in [0.717, 1.165) is 24.0 Å². The van der Waals surface area contributed by atoms with Crippen LogP contribution in [0.3, 0.4) is 0 Å². The fraction of sp³-hybridized carbons (Fsp3) is 0.769. The van der Waals surface area contributed by atoms with Gasteiger partial charge in [0.25, 0.3) is 0 Å². The third-order valence-corrected chi connectivity index (χ3v) is 6.74. The fourth-order valence-corrected chi connectivity index (χ4v) is 5.45. The number of anilines is 2. The molecule has 5 nitrogen and oxygen atoms in total. The number of rotatable bonds is 6. The van der Waals surface area contributed by atoms with Gasteiger partial charge in [0.05, 0.1) is 5.75 Å². The molecule has 1 aromatic rings. The average molecular weight is 317 g/mol. The molecule has 20 heavy (non-hydrogen) atoms. The summed E-state index contributed by atoms with van der Waals surface area (Å²) in [4.78, 5) is 0.204. The Morgan fingerprint density at radius 3 is 2.80 bits per heavy atom. The topological polar surface area (TPSA) is 85.1 Å². The summed E-state index contributed by atoms with van der Waals surface area (Å²) in [5.74, 6) is 1.64. The van der Waals surface area contributed by atoms with Gasteiger partial charge < -0.3 is 11.1 Å². The number of nitrogens with one attached hydrogen (secondary N) is 1. The summed E-state index contributed by atoms with van der Waals surface area (Å²) >= 11 is 1.15. The Morgan fingerprint density at radius 1 is 1.45 bits per heavy atom. The summed E-state index contributed by atoms with van der Waals surface area (Å²) < 4.78 is 28.5. The second kappa shape index (κ2) is 6.30. The molecular weight excluding hydrogens is 294 g/mol. The van der Waals surface area contributed by atoms with Crippen LogP contribution in [0.4, 0.5) is 10.8 Å². The van der Waals surface area contributed by atoms with E-state index in [9.17, 15) is 8.42 Å². The minimum atomic E-state index is -3.32. The summed E-state index contributed by atoms with van der Waals surface area (Å²) in [5, 5.41) is 3.86. The standard InChI is InChI=1S/C13H23N3O2S2/c1-3-6-20(17,18)11-12(14)16-19-13(11)15-8-10-5-4-9(2)7-10/h9-10,15H,3-8H2,1-2H3,(H2,14,16). The smallest absolute Gasteiger partial charge is 0.185 e. The number of aromatic nitrogens is 1. The first-order valence-corrected chi connectivity index (χ1v) is 9.58. The van der Waals surface area contributed by atoms with E-state index in [1.807, 2.05) is 6.92 Å². The molecule has 1 heterocycles. The van der Waals surface area contributed by atoms with Crippen molar-refractivity contribution in [3.05, 3.63) is 0 Å². The zero-order valence-electron chi connectivity index (χ0n) is 12.1. The van der Waals surface area contributed by atoms with Crippen molar-refractivity contribution >= 4 is 32.2 Å². The van der Waals surface area contributed by atoms with Crippen LogP contribution in [0, 0.1) is 11.8 Å². The second-order valence-electron chi connectivity index (χ2n) is 5.71. The molecule has 0 radical (unpaired) electrons. The number of nitrogens with two attached hydrogens (primary N) is 1. The number of hydrogen-bond donors (Lipinski definition) is 2. The Balaban J connectivity index is 2.09. The third-order valence-electron chi connectivity index (χ3n) is 3.81. The van der Waals surface area contributed by atoms with Gasteiger partial charge >= 0.3 is 0 Å². The van der Waals surface area contributed by atoms with Gasteiger partial charge in [0, 0.05) is 6.54 Å². The molecular formula is C13H23N3O2S2. The highest BCUT2D eigenvalue weighted by Crippen LogP contribution is 2.35. The van der Waals surface area contributed by atoms with Crippen molar-refractivity contribution in [3.8, 4) is 0 Å². The van der Waals surface area contributed by atoms with Crippen molar-refractivity contribution in [1.29, 1.82) is 0 Å². The van der Waals surface area contributed by atoms with E-state index < -0.39 is 9.84 Å². The molecule has 2 atom stereocenters. The molecule has 0 aliphatic heterocycles. The lowest BCUT2D eigenvalue weighted by Gasteiger charge is -2.12. The first-order valence-electron chi connectivity index (χ1n) is 7.15. The van der Waals surface area contributed by atoms with Crippen LogP contribution >= 0.6 is 11.5 Å². The van der Waals surface area contributed by atoms with Gasteiger partial charge in [-0.05, 0) is 42.6 Å². The summed E-state index contributed by atoms with van der Waals surface area (Å²) in [7, 11) is -3.32. The summed E-state index contributed by atoms with van der Waals surface area (Å²) in [6.07, 6.45) is 4.26. The van der Waals surface area contributed by atoms with Gasteiger partial charge in [0.2, 0.25) is 0 Å². The van der Waals surface area contributed by atoms with E-state index in [1.54, 1.807) is 0 Å². The molecule has 1 aromatic heterocycles. The molecule has 1 aliphatic rings. The van der Waals surface area contributed by atoms with Crippen LogP contribution in [0.15, 0.2) is 4.90 Å². The summed E-state index contributed by atoms with van der Waals surface area (Å²) in [5.41, 5.74) is 5.74. The van der Waals surface area contributed by atoms with E-state index >= 15 is 0 Å². The van der Waals surface area contributed by atoms with Crippen LogP contribution in [0.5, 0.6) is 0 Å². The maximum absolute atomic E-state index is 12.2. The Kier molecular flexibility index (Phi) is 4.90. The molecule has 0 bridgehead atoms. The van der Waals surface area contributed by atoms with Crippen molar-refractivity contribution in [3.63, 3.8) is 0 Å². The molecule has 0 spiro atoms. The van der Waals surface area contributed by atoms with Gasteiger partial charge in [-0.2, -0.15) is 4.37 Å². The zero-order valence-corrected chi connectivity index (χ0v) is 13.7. The SMILES string of the molecule is CCCS(=O)(=O)c1c(N)nsc1NCC1CCC(C)C1. The highest BCUT2D eigenvalue weighted by atomic mass is 32.2. The first-order chi connectivity index (χ1) is 9.44. The zero-order chi connectivity index (χ0) is 14.8. The van der Waals surface area contributed by atoms with Crippen molar-refractivity contribution < 1.29 is 8.42 Å². The molecule has 2 rings (SSSR count). The number of sulfone groups is 1. The Bertz CT molecular complexity index is 554. The molecule has 114 valence electrons. The van der Waals surface area contributed by atoms with Crippen LogP contribution in [0.25, 0.3) is 0 Å². The fourth-order valence-electron chi connectivity index (χ4n) is 2.83. The molecule has 1 saturated carbocycles. The monoisotopic (exact) mass is 317 g/mol. The predicted octanol–water partition coefficient (Wildman–Crippen LogP) is 2.76. The summed E-state index contributed by atoms with van der Waals surface area (Å²) in [6, 6.07) is 0.